The van der Waals surface area contributed by atoms with Gasteiger partial charge in [-0.3, -0.25) is 4.79 Å². The largest absolute Gasteiger partial charge is 0.481 e. The van der Waals surface area contributed by atoms with Gasteiger partial charge in [0.2, 0.25) is 5.69 Å². The van der Waals surface area contributed by atoms with E-state index in [-0.39, 0.29) is 24.0 Å². The Kier molecular flexibility index (Phi) is 4.40. The van der Waals surface area contributed by atoms with Crippen LogP contribution in [0.2, 0.25) is 0 Å². The first-order valence-electron chi connectivity index (χ1n) is 6.61. The predicted octanol–water partition coefficient (Wildman–Crippen LogP) is 1.04. The van der Waals surface area contributed by atoms with Gasteiger partial charge in [-0.2, -0.15) is 4.68 Å². The normalized spacial score (nSPS) is 10.7. The Labute approximate surface area is 126 Å². The highest BCUT2D eigenvalue weighted by atomic mass is 16.5. The highest BCUT2D eigenvalue weighted by molar-refractivity contribution is 5.92. The molecule has 2 aromatic rings. The van der Waals surface area contributed by atoms with Crippen LogP contribution in [0, 0.1) is 0 Å². The Hall–Kier alpha value is -2.90. The lowest BCUT2D eigenvalue weighted by Crippen LogP contribution is -2.14. The molecule has 0 fully saturated rings. The maximum absolute atomic E-state index is 11.8. The summed E-state index contributed by atoms with van der Waals surface area (Å²) in [5.41, 5.74) is 7.04. The number of ether oxygens (including phenoxy) is 1. The molecular weight excluding hydrogens is 288 g/mol. The molecule has 0 aliphatic heterocycles. The van der Waals surface area contributed by atoms with Crippen LogP contribution >= 0.6 is 0 Å². The van der Waals surface area contributed by atoms with Crippen molar-refractivity contribution in [1.82, 2.24) is 15.0 Å². The summed E-state index contributed by atoms with van der Waals surface area (Å²) in [5, 5.41) is 16.3. The van der Waals surface area contributed by atoms with Gasteiger partial charge in [-0.05, 0) is 31.5 Å². The minimum atomic E-state index is -0.910. The lowest BCUT2D eigenvalue weighted by molar-refractivity contribution is -0.136. The third kappa shape index (κ3) is 3.40. The summed E-state index contributed by atoms with van der Waals surface area (Å²) in [5.74, 6) is -1.48. The first-order valence-corrected chi connectivity index (χ1v) is 6.61. The van der Waals surface area contributed by atoms with Crippen LogP contribution in [0.15, 0.2) is 24.3 Å². The summed E-state index contributed by atoms with van der Waals surface area (Å²) in [4.78, 5) is 22.5. The fourth-order valence-electron chi connectivity index (χ4n) is 1.82. The highest BCUT2D eigenvalue weighted by Crippen LogP contribution is 2.17. The number of carboxylic acids is 1. The van der Waals surface area contributed by atoms with Crippen LogP contribution in [-0.4, -0.2) is 38.1 Å². The number of nitrogen functional groups attached to an aromatic ring is 1. The number of nitrogens with zero attached hydrogens (tertiary/aromatic N) is 3. The van der Waals surface area contributed by atoms with Gasteiger partial charge < -0.3 is 15.6 Å². The van der Waals surface area contributed by atoms with E-state index in [0.717, 1.165) is 0 Å². The number of aliphatic carboxylic acids is 1. The van der Waals surface area contributed by atoms with E-state index < -0.39 is 11.9 Å². The monoisotopic (exact) mass is 304 g/mol. The van der Waals surface area contributed by atoms with E-state index in [9.17, 15) is 9.59 Å². The topological polar surface area (TPSA) is 120 Å². The zero-order valence-corrected chi connectivity index (χ0v) is 12.2. The number of hydrogen-bond acceptors (Lipinski definition) is 6. The summed E-state index contributed by atoms with van der Waals surface area (Å²) < 4.78 is 6.32. The minimum absolute atomic E-state index is 0.0525. The van der Waals surface area contributed by atoms with Gasteiger partial charge in [0, 0.05) is 0 Å². The van der Waals surface area contributed by atoms with Crippen LogP contribution in [0.5, 0.6) is 0 Å². The minimum Gasteiger partial charge on any atom is -0.481 e. The second-order valence-corrected chi connectivity index (χ2v) is 4.93. The van der Waals surface area contributed by atoms with E-state index in [1.54, 1.807) is 38.1 Å². The molecule has 0 aliphatic carbocycles. The zero-order chi connectivity index (χ0) is 16.3. The van der Waals surface area contributed by atoms with Crippen molar-refractivity contribution in [3.8, 4) is 5.69 Å². The van der Waals surface area contributed by atoms with E-state index >= 15 is 0 Å². The molecule has 0 spiro atoms. The van der Waals surface area contributed by atoms with Crippen molar-refractivity contribution < 1.29 is 19.4 Å². The number of rotatable bonds is 5. The molecule has 0 bridgehead atoms. The number of esters is 1. The van der Waals surface area contributed by atoms with Crippen molar-refractivity contribution in [3.05, 3.63) is 35.5 Å². The van der Waals surface area contributed by atoms with Crippen molar-refractivity contribution in [2.24, 2.45) is 0 Å². The van der Waals surface area contributed by atoms with Gasteiger partial charge in [0.25, 0.3) is 0 Å². The van der Waals surface area contributed by atoms with Crippen molar-refractivity contribution in [1.29, 1.82) is 0 Å². The molecular formula is C14H16N4O4. The number of benzene rings is 1. The second kappa shape index (κ2) is 6.25. The molecule has 8 nitrogen and oxygen atoms in total. The van der Waals surface area contributed by atoms with Crippen LogP contribution in [0.3, 0.4) is 0 Å². The lowest BCUT2D eigenvalue weighted by Gasteiger charge is -2.07. The second-order valence-electron chi connectivity index (χ2n) is 4.93. The lowest BCUT2D eigenvalue weighted by atomic mass is 10.1. The Morgan fingerprint density at radius 2 is 1.95 bits per heavy atom. The fourth-order valence-corrected chi connectivity index (χ4v) is 1.82. The van der Waals surface area contributed by atoms with Gasteiger partial charge in [0.15, 0.2) is 5.82 Å². The SMILES string of the molecule is CC(C)OC(=O)c1nnn(-c2ccc(CC(=O)O)cc2)c1N. The molecule has 0 aliphatic rings. The van der Waals surface area contributed by atoms with Gasteiger partial charge in [0.1, 0.15) is 0 Å². The van der Waals surface area contributed by atoms with Crippen molar-refractivity contribution >= 4 is 17.8 Å². The molecule has 3 N–H and O–H groups in total. The Balaban J connectivity index is 2.25. The third-order valence-corrected chi connectivity index (χ3v) is 2.78. The molecule has 1 aromatic carbocycles. The van der Waals surface area contributed by atoms with Crippen LogP contribution < -0.4 is 5.73 Å². The van der Waals surface area contributed by atoms with E-state index in [1.165, 1.54) is 4.68 Å². The van der Waals surface area contributed by atoms with Crippen LogP contribution in [0.4, 0.5) is 5.82 Å². The number of carboxylic acid groups (broad SMARTS) is 1. The van der Waals surface area contributed by atoms with Crippen molar-refractivity contribution in [3.63, 3.8) is 0 Å². The number of nitrogens with two attached hydrogens (primary N) is 1. The first-order chi connectivity index (χ1) is 10.4. The number of anilines is 1. The van der Waals surface area contributed by atoms with E-state index in [4.69, 9.17) is 15.6 Å². The molecule has 22 heavy (non-hydrogen) atoms. The average molecular weight is 304 g/mol. The summed E-state index contributed by atoms with van der Waals surface area (Å²) >= 11 is 0. The van der Waals surface area contributed by atoms with Crippen LogP contribution in [0.1, 0.15) is 29.9 Å². The van der Waals surface area contributed by atoms with Gasteiger partial charge in [-0.15, -0.1) is 5.10 Å². The summed E-state index contributed by atoms with van der Waals surface area (Å²) in [6, 6.07) is 6.61. The molecule has 116 valence electrons. The summed E-state index contributed by atoms with van der Waals surface area (Å²) in [6.45, 7) is 3.44. The van der Waals surface area contributed by atoms with E-state index in [2.05, 4.69) is 10.3 Å². The Morgan fingerprint density at radius 1 is 1.32 bits per heavy atom. The fraction of sp³-hybridized carbons (Fsp3) is 0.286. The van der Waals surface area contributed by atoms with Crippen LogP contribution in [0.25, 0.3) is 5.69 Å². The van der Waals surface area contributed by atoms with Crippen molar-refractivity contribution in [2.75, 3.05) is 5.73 Å². The first kappa shape index (κ1) is 15.5. The average Bonchev–Trinajstić information content (AvgIpc) is 2.80. The molecule has 0 saturated carbocycles. The van der Waals surface area contributed by atoms with E-state index in [0.29, 0.717) is 11.3 Å². The van der Waals surface area contributed by atoms with Gasteiger partial charge in [-0.25, -0.2) is 4.79 Å². The number of carbonyl (C=O) groups excluding carboxylic acids is 1. The summed E-state index contributed by atoms with van der Waals surface area (Å²) in [6.07, 6.45) is -0.355. The molecule has 1 aromatic heterocycles. The van der Waals surface area contributed by atoms with Gasteiger partial charge in [-0.1, -0.05) is 17.3 Å². The quantitative estimate of drug-likeness (QED) is 0.792. The maximum atomic E-state index is 11.8. The number of hydrogen-bond donors (Lipinski definition) is 2. The Morgan fingerprint density at radius 3 is 2.50 bits per heavy atom. The standard InChI is InChI=1S/C14H16N4O4/c1-8(2)22-14(21)12-13(15)18(17-16-12)10-5-3-9(4-6-10)7-11(19)20/h3-6,8H,7,15H2,1-2H3,(H,19,20). The van der Waals surface area contributed by atoms with Gasteiger partial charge >= 0.3 is 11.9 Å². The third-order valence-electron chi connectivity index (χ3n) is 2.78. The molecule has 8 heteroatoms. The smallest absolute Gasteiger partial charge is 0.363 e. The molecule has 0 saturated heterocycles. The highest BCUT2D eigenvalue weighted by Gasteiger charge is 2.20. The zero-order valence-electron chi connectivity index (χ0n) is 12.2. The Bertz CT molecular complexity index is 691. The molecule has 1 heterocycles. The van der Waals surface area contributed by atoms with Crippen LogP contribution in [-0.2, 0) is 16.0 Å². The van der Waals surface area contributed by atoms with Crippen molar-refractivity contribution in [2.45, 2.75) is 26.4 Å². The molecule has 0 amide bonds. The molecule has 0 unspecified atom stereocenters. The van der Waals surface area contributed by atoms with Gasteiger partial charge in [0.05, 0.1) is 18.2 Å². The maximum Gasteiger partial charge on any atom is 0.363 e. The molecule has 0 atom stereocenters. The summed E-state index contributed by atoms with van der Waals surface area (Å²) in [7, 11) is 0. The molecule has 2 rings (SSSR count). The van der Waals surface area contributed by atoms with E-state index in [1.807, 2.05) is 0 Å². The number of aromatic nitrogens is 3. The predicted molar refractivity (Wildman–Crippen MR) is 77.7 cm³/mol. The molecule has 0 radical (unpaired) electrons. The number of carbonyl (C=O) groups is 2.